The second kappa shape index (κ2) is 9.36. The summed E-state index contributed by atoms with van der Waals surface area (Å²) in [7, 11) is 1.55. The van der Waals surface area contributed by atoms with Crippen molar-refractivity contribution in [2.75, 3.05) is 24.4 Å². The molecule has 148 valence electrons. The van der Waals surface area contributed by atoms with E-state index in [1.807, 2.05) is 13.0 Å². The lowest BCUT2D eigenvalue weighted by atomic mass is 10.1. The van der Waals surface area contributed by atoms with Gasteiger partial charge in [0.25, 0.3) is 11.8 Å². The largest absolute Gasteiger partial charge is 0.497 e. The molecule has 0 bridgehead atoms. The number of hydrogen-bond acceptors (Lipinski definition) is 5. The minimum Gasteiger partial charge on any atom is -0.497 e. The molecule has 2 amide bonds. The molecular formula is C22H21N3O4. The summed E-state index contributed by atoms with van der Waals surface area (Å²) >= 11 is 0. The summed E-state index contributed by atoms with van der Waals surface area (Å²) in [6.45, 7) is 2.35. The van der Waals surface area contributed by atoms with E-state index in [0.29, 0.717) is 29.5 Å². The molecule has 0 saturated carbocycles. The van der Waals surface area contributed by atoms with Crippen LogP contribution in [0, 0.1) is 0 Å². The number of rotatable bonds is 7. The molecule has 2 N–H and O–H groups in total. The molecule has 3 rings (SSSR count). The Hall–Kier alpha value is -3.87. The normalized spacial score (nSPS) is 10.1. The van der Waals surface area contributed by atoms with E-state index >= 15 is 0 Å². The van der Waals surface area contributed by atoms with Crippen molar-refractivity contribution in [3.63, 3.8) is 0 Å². The Labute approximate surface area is 168 Å². The van der Waals surface area contributed by atoms with E-state index in [2.05, 4.69) is 15.6 Å². The van der Waals surface area contributed by atoms with Crippen molar-refractivity contribution < 1.29 is 19.1 Å². The summed E-state index contributed by atoms with van der Waals surface area (Å²) < 4.78 is 10.7. The SMILES string of the molecule is CCOc1ccccc1NC(=O)c1cncc(C(=O)Nc2cccc(OC)c2)c1. The molecule has 0 atom stereocenters. The van der Waals surface area contributed by atoms with Crippen LogP contribution < -0.4 is 20.1 Å². The first-order valence-electron chi connectivity index (χ1n) is 9.04. The van der Waals surface area contributed by atoms with Crippen LogP contribution in [-0.4, -0.2) is 30.5 Å². The lowest BCUT2D eigenvalue weighted by Gasteiger charge is -2.11. The van der Waals surface area contributed by atoms with E-state index in [0.717, 1.165) is 0 Å². The highest BCUT2D eigenvalue weighted by atomic mass is 16.5. The average molecular weight is 391 g/mol. The first kappa shape index (κ1) is 19.9. The number of hydrogen-bond donors (Lipinski definition) is 2. The van der Waals surface area contributed by atoms with Crippen LogP contribution in [0.3, 0.4) is 0 Å². The zero-order valence-electron chi connectivity index (χ0n) is 16.1. The molecule has 1 aromatic heterocycles. The maximum atomic E-state index is 12.6. The van der Waals surface area contributed by atoms with Crippen LogP contribution in [0.2, 0.25) is 0 Å². The summed E-state index contributed by atoms with van der Waals surface area (Å²) in [5.41, 5.74) is 1.65. The molecule has 0 fully saturated rings. The van der Waals surface area contributed by atoms with Crippen molar-refractivity contribution in [1.82, 2.24) is 4.98 Å². The minimum absolute atomic E-state index is 0.259. The fourth-order valence-corrected chi connectivity index (χ4v) is 2.64. The monoisotopic (exact) mass is 391 g/mol. The van der Waals surface area contributed by atoms with Crippen molar-refractivity contribution in [3.05, 3.63) is 78.1 Å². The smallest absolute Gasteiger partial charge is 0.257 e. The number of nitrogens with zero attached hydrogens (tertiary/aromatic N) is 1. The summed E-state index contributed by atoms with van der Waals surface area (Å²) in [5.74, 6) is 0.432. The van der Waals surface area contributed by atoms with Gasteiger partial charge in [-0.2, -0.15) is 0 Å². The summed E-state index contributed by atoms with van der Waals surface area (Å²) in [6, 6.07) is 15.6. The summed E-state index contributed by atoms with van der Waals surface area (Å²) in [4.78, 5) is 29.2. The molecule has 7 heteroatoms. The highest BCUT2D eigenvalue weighted by Crippen LogP contribution is 2.24. The first-order valence-corrected chi connectivity index (χ1v) is 9.04. The molecular weight excluding hydrogens is 370 g/mol. The molecule has 0 aliphatic carbocycles. The van der Waals surface area contributed by atoms with Gasteiger partial charge in [-0.1, -0.05) is 18.2 Å². The fourth-order valence-electron chi connectivity index (χ4n) is 2.64. The molecule has 1 heterocycles. The Morgan fingerprint density at radius 3 is 2.38 bits per heavy atom. The third kappa shape index (κ3) is 5.10. The number of benzene rings is 2. The second-order valence-electron chi connectivity index (χ2n) is 6.03. The summed E-state index contributed by atoms with van der Waals surface area (Å²) in [5, 5.41) is 5.55. The number of nitrogens with one attached hydrogen (secondary N) is 2. The van der Waals surface area contributed by atoms with Crippen LogP contribution in [-0.2, 0) is 0 Å². The Morgan fingerprint density at radius 1 is 0.931 bits per heavy atom. The number of aromatic nitrogens is 1. The molecule has 3 aromatic rings. The van der Waals surface area contributed by atoms with Crippen molar-refractivity contribution in [2.45, 2.75) is 6.92 Å². The van der Waals surface area contributed by atoms with Gasteiger partial charge in [-0.3, -0.25) is 14.6 Å². The van der Waals surface area contributed by atoms with Gasteiger partial charge in [-0.05, 0) is 37.3 Å². The molecule has 0 aliphatic rings. The number of methoxy groups -OCH3 is 1. The topological polar surface area (TPSA) is 89.5 Å². The zero-order valence-corrected chi connectivity index (χ0v) is 16.1. The lowest BCUT2D eigenvalue weighted by molar-refractivity contribution is 0.102. The summed E-state index contributed by atoms with van der Waals surface area (Å²) in [6.07, 6.45) is 2.81. The number of carbonyl (C=O) groups is 2. The Balaban J connectivity index is 1.75. The number of ether oxygens (including phenoxy) is 2. The van der Waals surface area contributed by atoms with E-state index in [9.17, 15) is 9.59 Å². The highest BCUT2D eigenvalue weighted by Gasteiger charge is 2.14. The van der Waals surface area contributed by atoms with Gasteiger partial charge in [0, 0.05) is 24.1 Å². The van der Waals surface area contributed by atoms with Gasteiger partial charge in [0.05, 0.1) is 30.5 Å². The van der Waals surface area contributed by atoms with Crippen LogP contribution >= 0.6 is 0 Å². The van der Waals surface area contributed by atoms with Crippen LogP contribution in [0.4, 0.5) is 11.4 Å². The minimum atomic E-state index is -0.388. The Morgan fingerprint density at radius 2 is 1.66 bits per heavy atom. The van der Waals surface area contributed by atoms with E-state index in [-0.39, 0.29) is 22.9 Å². The Kier molecular flexibility index (Phi) is 6.42. The third-order valence-electron chi connectivity index (χ3n) is 4.03. The molecule has 0 spiro atoms. The van der Waals surface area contributed by atoms with E-state index in [1.165, 1.54) is 18.5 Å². The van der Waals surface area contributed by atoms with Crippen molar-refractivity contribution in [1.29, 1.82) is 0 Å². The molecule has 2 aromatic carbocycles. The maximum absolute atomic E-state index is 12.6. The van der Waals surface area contributed by atoms with Crippen LogP contribution in [0.25, 0.3) is 0 Å². The van der Waals surface area contributed by atoms with Gasteiger partial charge < -0.3 is 20.1 Å². The number of para-hydroxylation sites is 2. The fraction of sp³-hybridized carbons (Fsp3) is 0.136. The lowest BCUT2D eigenvalue weighted by Crippen LogP contribution is -2.16. The number of pyridine rings is 1. The van der Waals surface area contributed by atoms with Gasteiger partial charge in [0.15, 0.2) is 0 Å². The van der Waals surface area contributed by atoms with Crippen LogP contribution in [0.1, 0.15) is 27.6 Å². The zero-order chi connectivity index (χ0) is 20.6. The van der Waals surface area contributed by atoms with Crippen LogP contribution in [0.15, 0.2) is 67.0 Å². The Bertz CT molecular complexity index is 1020. The van der Waals surface area contributed by atoms with E-state index in [1.54, 1.807) is 49.6 Å². The number of anilines is 2. The number of amides is 2. The molecule has 0 unspecified atom stereocenters. The van der Waals surface area contributed by atoms with Gasteiger partial charge in [-0.15, -0.1) is 0 Å². The van der Waals surface area contributed by atoms with Crippen molar-refractivity contribution >= 4 is 23.2 Å². The van der Waals surface area contributed by atoms with Gasteiger partial charge in [0.2, 0.25) is 0 Å². The van der Waals surface area contributed by atoms with Gasteiger partial charge in [-0.25, -0.2) is 0 Å². The quantitative estimate of drug-likeness (QED) is 0.636. The van der Waals surface area contributed by atoms with Crippen LogP contribution in [0.5, 0.6) is 11.5 Å². The second-order valence-corrected chi connectivity index (χ2v) is 6.03. The number of carbonyl (C=O) groups excluding carboxylic acids is 2. The van der Waals surface area contributed by atoms with Gasteiger partial charge >= 0.3 is 0 Å². The van der Waals surface area contributed by atoms with Gasteiger partial charge in [0.1, 0.15) is 11.5 Å². The first-order chi connectivity index (χ1) is 14.1. The molecule has 0 radical (unpaired) electrons. The highest BCUT2D eigenvalue weighted by molar-refractivity contribution is 6.08. The molecule has 0 aliphatic heterocycles. The van der Waals surface area contributed by atoms with Crippen molar-refractivity contribution in [2.24, 2.45) is 0 Å². The van der Waals surface area contributed by atoms with E-state index in [4.69, 9.17) is 9.47 Å². The third-order valence-corrected chi connectivity index (χ3v) is 4.03. The molecule has 7 nitrogen and oxygen atoms in total. The standard InChI is InChI=1S/C22H21N3O4/c1-3-29-20-10-5-4-9-19(20)25-22(27)16-11-15(13-23-14-16)21(26)24-17-7-6-8-18(12-17)28-2/h4-14H,3H2,1-2H3,(H,24,26)(H,25,27). The van der Waals surface area contributed by atoms with E-state index < -0.39 is 0 Å². The molecule has 0 saturated heterocycles. The molecule has 29 heavy (non-hydrogen) atoms. The average Bonchev–Trinajstić information content (AvgIpc) is 2.75. The predicted molar refractivity (Wildman–Crippen MR) is 111 cm³/mol. The predicted octanol–water partition coefficient (Wildman–Crippen LogP) is 3.99. The maximum Gasteiger partial charge on any atom is 0.257 e. The van der Waals surface area contributed by atoms with Crippen molar-refractivity contribution in [3.8, 4) is 11.5 Å².